The largest absolute Gasteiger partial charge is 0.466 e. The van der Waals surface area contributed by atoms with E-state index in [0.717, 1.165) is 5.57 Å². The maximum absolute atomic E-state index is 11.1. The Hall–Kier alpha value is -1.36. The van der Waals surface area contributed by atoms with Crippen LogP contribution in [0.3, 0.4) is 0 Å². The summed E-state index contributed by atoms with van der Waals surface area (Å²) in [6.07, 6.45) is 2.57. The molecule has 1 heterocycles. The number of ether oxygens (including phenoxy) is 2. The highest BCUT2D eigenvalue weighted by molar-refractivity contribution is 5.82. The highest BCUT2D eigenvalue weighted by Gasteiger charge is 2.41. The van der Waals surface area contributed by atoms with Gasteiger partial charge in [-0.25, -0.2) is 4.79 Å². The van der Waals surface area contributed by atoms with Crippen molar-refractivity contribution in [3.63, 3.8) is 0 Å². The van der Waals surface area contributed by atoms with E-state index in [9.17, 15) is 14.7 Å². The molecule has 18 heavy (non-hydrogen) atoms. The first-order valence-electron chi connectivity index (χ1n) is 6.02. The Labute approximate surface area is 107 Å². The molecule has 1 unspecified atom stereocenters. The van der Waals surface area contributed by atoms with Gasteiger partial charge in [0.2, 0.25) is 0 Å². The summed E-state index contributed by atoms with van der Waals surface area (Å²) in [7, 11) is 1.32. The lowest BCUT2D eigenvalue weighted by molar-refractivity contribution is -0.156. The van der Waals surface area contributed by atoms with Gasteiger partial charge < -0.3 is 14.6 Å². The number of rotatable bonds is 5. The molecule has 1 saturated heterocycles. The van der Waals surface area contributed by atoms with Gasteiger partial charge in [0, 0.05) is 12.5 Å². The topological polar surface area (TPSA) is 72.8 Å². The molecule has 0 radical (unpaired) electrons. The van der Waals surface area contributed by atoms with Gasteiger partial charge in [0.05, 0.1) is 13.2 Å². The summed E-state index contributed by atoms with van der Waals surface area (Å²) in [5.74, 6) is -0.668. The molecule has 1 N–H and O–H groups in total. The van der Waals surface area contributed by atoms with Crippen LogP contribution in [0.15, 0.2) is 11.6 Å². The van der Waals surface area contributed by atoms with E-state index in [0.29, 0.717) is 25.7 Å². The molecule has 0 aromatic heterocycles. The minimum Gasteiger partial charge on any atom is -0.466 e. The van der Waals surface area contributed by atoms with Gasteiger partial charge in [0.25, 0.3) is 0 Å². The number of carbonyl (C=O) groups excluding carboxylic acids is 2. The van der Waals surface area contributed by atoms with E-state index in [1.807, 2.05) is 0 Å². The summed E-state index contributed by atoms with van der Waals surface area (Å²) in [4.78, 5) is 22.1. The van der Waals surface area contributed by atoms with Crippen LogP contribution in [0.4, 0.5) is 0 Å². The number of aliphatic hydroxyl groups is 1. The smallest absolute Gasteiger partial charge is 0.330 e. The molecule has 0 aromatic rings. The standard InChI is InChI=1S/C13H20O5/c1-9(8-12(16)17-3)4-5-10(14)13(2)7-6-11(15)18-13/h8,10,14H,4-7H2,1-3H3/b9-8+/t10-,13?/m1/s1. The zero-order chi connectivity index (χ0) is 13.8. The maximum Gasteiger partial charge on any atom is 0.330 e. The van der Waals surface area contributed by atoms with Gasteiger partial charge in [0.1, 0.15) is 5.60 Å². The molecule has 1 aliphatic heterocycles. The summed E-state index contributed by atoms with van der Waals surface area (Å²) in [6, 6.07) is 0. The number of esters is 2. The quantitative estimate of drug-likeness (QED) is 0.593. The molecule has 5 heteroatoms. The Morgan fingerprint density at radius 3 is 2.83 bits per heavy atom. The van der Waals surface area contributed by atoms with Crippen molar-refractivity contribution >= 4 is 11.9 Å². The van der Waals surface area contributed by atoms with Crippen molar-refractivity contribution in [1.29, 1.82) is 0 Å². The van der Waals surface area contributed by atoms with Crippen LogP contribution in [0.1, 0.15) is 39.5 Å². The number of cyclic esters (lactones) is 1. The predicted octanol–water partition coefficient (Wildman–Crippen LogP) is 1.34. The van der Waals surface area contributed by atoms with Gasteiger partial charge in [-0.15, -0.1) is 0 Å². The Morgan fingerprint density at radius 1 is 1.67 bits per heavy atom. The number of hydrogen-bond donors (Lipinski definition) is 1. The van der Waals surface area contributed by atoms with Crippen molar-refractivity contribution in [2.24, 2.45) is 0 Å². The first-order valence-corrected chi connectivity index (χ1v) is 6.02. The normalized spacial score (nSPS) is 25.8. The molecule has 0 aliphatic carbocycles. The third-order valence-corrected chi connectivity index (χ3v) is 3.25. The van der Waals surface area contributed by atoms with Crippen LogP contribution in [-0.4, -0.2) is 35.9 Å². The molecule has 1 fully saturated rings. The van der Waals surface area contributed by atoms with Crippen molar-refractivity contribution in [3.05, 3.63) is 11.6 Å². The first-order chi connectivity index (χ1) is 8.37. The average Bonchev–Trinajstić information content (AvgIpc) is 2.67. The van der Waals surface area contributed by atoms with Crippen LogP contribution in [0, 0.1) is 0 Å². The van der Waals surface area contributed by atoms with Gasteiger partial charge >= 0.3 is 11.9 Å². The summed E-state index contributed by atoms with van der Waals surface area (Å²) < 4.78 is 9.66. The third-order valence-electron chi connectivity index (χ3n) is 3.25. The number of aliphatic hydroxyl groups excluding tert-OH is 1. The average molecular weight is 256 g/mol. The lowest BCUT2D eigenvalue weighted by atomic mass is 9.91. The second-order valence-electron chi connectivity index (χ2n) is 4.86. The second kappa shape index (κ2) is 6.00. The lowest BCUT2D eigenvalue weighted by Crippen LogP contribution is -2.39. The van der Waals surface area contributed by atoms with E-state index in [4.69, 9.17) is 4.74 Å². The zero-order valence-electron chi connectivity index (χ0n) is 11.1. The molecule has 0 aromatic carbocycles. The van der Waals surface area contributed by atoms with Crippen molar-refractivity contribution in [3.8, 4) is 0 Å². The molecule has 102 valence electrons. The molecular formula is C13H20O5. The van der Waals surface area contributed by atoms with E-state index in [-0.39, 0.29) is 5.97 Å². The fourth-order valence-corrected chi connectivity index (χ4v) is 1.95. The van der Waals surface area contributed by atoms with Gasteiger partial charge in [-0.2, -0.15) is 0 Å². The van der Waals surface area contributed by atoms with Gasteiger partial charge in [0.15, 0.2) is 0 Å². The summed E-state index contributed by atoms with van der Waals surface area (Å²) in [5.41, 5.74) is 0.0386. The monoisotopic (exact) mass is 256 g/mol. The molecule has 1 rings (SSSR count). The van der Waals surface area contributed by atoms with Crippen molar-refractivity contribution < 1.29 is 24.2 Å². The van der Waals surface area contributed by atoms with Crippen LogP contribution in [0.5, 0.6) is 0 Å². The highest BCUT2D eigenvalue weighted by Crippen LogP contribution is 2.31. The van der Waals surface area contributed by atoms with Crippen LogP contribution < -0.4 is 0 Å². The Kier molecular flexibility index (Phi) is 4.90. The Bertz CT molecular complexity index is 360. The van der Waals surface area contributed by atoms with Gasteiger partial charge in [-0.3, -0.25) is 4.79 Å². The van der Waals surface area contributed by atoms with E-state index < -0.39 is 17.7 Å². The number of carbonyl (C=O) groups is 2. The second-order valence-corrected chi connectivity index (χ2v) is 4.86. The minimum atomic E-state index is -0.789. The molecular weight excluding hydrogens is 236 g/mol. The molecule has 5 nitrogen and oxygen atoms in total. The molecule has 1 aliphatic rings. The fraction of sp³-hybridized carbons (Fsp3) is 0.692. The number of methoxy groups -OCH3 is 1. The molecule has 0 saturated carbocycles. The minimum absolute atomic E-state index is 0.265. The zero-order valence-corrected chi connectivity index (χ0v) is 11.1. The van der Waals surface area contributed by atoms with Gasteiger partial charge in [-0.1, -0.05) is 5.57 Å². The summed E-state index contributed by atoms with van der Waals surface area (Å²) in [6.45, 7) is 3.54. The van der Waals surface area contributed by atoms with E-state index in [2.05, 4.69) is 4.74 Å². The third kappa shape index (κ3) is 3.84. The molecule has 2 atom stereocenters. The van der Waals surface area contributed by atoms with Crippen LogP contribution >= 0.6 is 0 Å². The molecule has 0 bridgehead atoms. The van der Waals surface area contributed by atoms with Crippen LogP contribution in [-0.2, 0) is 19.1 Å². The molecule has 0 spiro atoms. The van der Waals surface area contributed by atoms with Crippen LogP contribution in [0.2, 0.25) is 0 Å². The number of allylic oxidation sites excluding steroid dienone is 1. The van der Waals surface area contributed by atoms with Gasteiger partial charge in [-0.05, 0) is 33.1 Å². The van der Waals surface area contributed by atoms with Crippen LogP contribution in [0.25, 0.3) is 0 Å². The lowest BCUT2D eigenvalue weighted by Gasteiger charge is -2.28. The van der Waals surface area contributed by atoms with Crippen molar-refractivity contribution in [2.45, 2.75) is 51.2 Å². The van der Waals surface area contributed by atoms with E-state index >= 15 is 0 Å². The van der Waals surface area contributed by atoms with Crippen molar-refractivity contribution in [1.82, 2.24) is 0 Å². The summed E-state index contributed by atoms with van der Waals surface area (Å²) in [5, 5.41) is 10.0. The first kappa shape index (κ1) is 14.7. The van der Waals surface area contributed by atoms with E-state index in [1.165, 1.54) is 13.2 Å². The SMILES string of the molecule is COC(=O)/C=C(\C)CC[C@@H](O)C1(C)CCC(=O)O1. The Morgan fingerprint density at radius 2 is 2.33 bits per heavy atom. The molecule has 0 amide bonds. The number of hydrogen-bond acceptors (Lipinski definition) is 5. The predicted molar refractivity (Wildman–Crippen MR) is 64.7 cm³/mol. The fourth-order valence-electron chi connectivity index (χ4n) is 1.95. The highest BCUT2D eigenvalue weighted by atomic mass is 16.6. The Balaban J connectivity index is 2.46. The van der Waals surface area contributed by atoms with Crippen molar-refractivity contribution in [2.75, 3.05) is 7.11 Å². The summed E-state index contributed by atoms with van der Waals surface area (Å²) >= 11 is 0. The maximum atomic E-state index is 11.1. The van der Waals surface area contributed by atoms with E-state index in [1.54, 1.807) is 13.8 Å².